The van der Waals surface area contributed by atoms with Crippen LogP contribution >= 0.6 is 11.6 Å². The SMILES string of the molecule is O=C(CC1(O)C[C@H]2CC(c3ccnc4ccc(F)cc34)C[C@H]2C1)Nc1ccc(Cl)cn1. The molecule has 0 saturated heterocycles. The van der Waals surface area contributed by atoms with Crippen molar-refractivity contribution < 1.29 is 14.3 Å². The largest absolute Gasteiger partial charge is 0.389 e. The Labute approximate surface area is 184 Å². The molecular weight excluding hydrogens is 417 g/mol. The zero-order valence-electron chi connectivity index (χ0n) is 16.9. The Morgan fingerprint density at radius 1 is 1.16 bits per heavy atom. The van der Waals surface area contributed by atoms with Crippen LogP contribution in [0, 0.1) is 17.7 Å². The Hall–Kier alpha value is -2.57. The van der Waals surface area contributed by atoms with Gasteiger partial charge < -0.3 is 10.4 Å². The lowest BCUT2D eigenvalue weighted by molar-refractivity contribution is -0.121. The van der Waals surface area contributed by atoms with Crippen molar-refractivity contribution in [3.63, 3.8) is 0 Å². The van der Waals surface area contributed by atoms with Gasteiger partial charge in [0.05, 0.1) is 22.6 Å². The van der Waals surface area contributed by atoms with E-state index in [0.29, 0.717) is 41.4 Å². The number of rotatable bonds is 4. The van der Waals surface area contributed by atoms with E-state index in [2.05, 4.69) is 15.3 Å². The summed E-state index contributed by atoms with van der Waals surface area (Å²) in [7, 11) is 0. The van der Waals surface area contributed by atoms with Crippen molar-refractivity contribution >= 4 is 34.2 Å². The molecule has 2 fully saturated rings. The summed E-state index contributed by atoms with van der Waals surface area (Å²) in [6.07, 6.45) is 6.39. The monoisotopic (exact) mass is 439 g/mol. The van der Waals surface area contributed by atoms with E-state index in [1.54, 1.807) is 30.5 Å². The predicted molar refractivity (Wildman–Crippen MR) is 117 cm³/mol. The van der Waals surface area contributed by atoms with Crippen LogP contribution in [0.25, 0.3) is 10.9 Å². The maximum absolute atomic E-state index is 13.8. The van der Waals surface area contributed by atoms with Crippen LogP contribution < -0.4 is 5.32 Å². The Morgan fingerprint density at radius 3 is 2.65 bits per heavy atom. The summed E-state index contributed by atoms with van der Waals surface area (Å²) in [5.74, 6) is 0.952. The number of fused-ring (bicyclic) bond motifs is 2. The molecule has 0 spiro atoms. The number of halogens is 2. The fourth-order valence-corrected chi connectivity index (χ4v) is 5.71. The van der Waals surface area contributed by atoms with Gasteiger partial charge in [-0.3, -0.25) is 9.78 Å². The van der Waals surface area contributed by atoms with Crippen molar-refractivity contribution in [2.75, 3.05) is 5.32 Å². The quantitative estimate of drug-likeness (QED) is 0.594. The van der Waals surface area contributed by atoms with Gasteiger partial charge in [0.15, 0.2) is 0 Å². The van der Waals surface area contributed by atoms with Crippen molar-refractivity contribution in [1.29, 1.82) is 0 Å². The van der Waals surface area contributed by atoms with E-state index in [0.717, 1.165) is 29.3 Å². The first-order valence-electron chi connectivity index (χ1n) is 10.6. The third-order valence-corrected chi connectivity index (χ3v) is 7.01. The number of carbonyl (C=O) groups excluding carboxylic acids is 1. The lowest BCUT2D eigenvalue weighted by atomic mass is 9.87. The molecule has 31 heavy (non-hydrogen) atoms. The fourth-order valence-electron chi connectivity index (χ4n) is 5.60. The van der Waals surface area contributed by atoms with Crippen LogP contribution in [0.3, 0.4) is 0 Å². The van der Waals surface area contributed by atoms with Crippen molar-refractivity contribution in [3.8, 4) is 0 Å². The molecule has 5 rings (SSSR count). The van der Waals surface area contributed by atoms with E-state index in [1.807, 2.05) is 6.07 Å². The van der Waals surface area contributed by atoms with Crippen LogP contribution in [0.2, 0.25) is 5.02 Å². The maximum atomic E-state index is 13.8. The first-order chi connectivity index (χ1) is 14.9. The number of anilines is 1. The maximum Gasteiger partial charge on any atom is 0.228 e. The predicted octanol–water partition coefficient (Wildman–Crippen LogP) is 5.09. The number of hydrogen-bond donors (Lipinski definition) is 2. The van der Waals surface area contributed by atoms with Crippen LogP contribution in [0.4, 0.5) is 10.2 Å². The highest BCUT2D eigenvalue weighted by molar-refractivity contribution is 6.30. The molecular formula is C24H23ClFN3O2. The zero-order valence-corrected chi connectivity index (χ0v) is 17.6. The number of pyridine rings is 2. The van der Waals surface area contributed by atoms with Crippen molar-refractivity contribution in [1.82, 2.24) is 9.97 Å². The molecule has 2 aromatic heterocycles. The van der Waals surface area contributed by atoms with Gasteiger partial charge in [-0.2, -0.15) is 0 Å². The van der Waals surface area contributed by atoms with E-state index >= 15 is 0 Å². The molecule has 5 nitrogen and oxygen atoms in total. The Kier molecular flexibility index (Phi) is 5.15. The number of hydrogen-bond acceptors (Lipinski definition) is 4. The van der Waals surface area contributed by atoms with Crippen molar-refractivity contribution in [2.45, 2.75) is 43.6 Å². The Balaban J connectivity index is 1.25. The summed E-state index contributed by atoms with van der Waals surface area (Å²) in [5, 5.41) is 15.2. The summed E-state index contributed by atoms with van der Waals surface area (Å²) in [4.78, 5) is 20.9. The van der Waals surface area contributed by atoms with Gasteiger partial charge in [-0.15, -0.1) is 0 Å². The summed E-state index contributed by atoms with van der Waals surface area (Å²) < 4.78 is 13.8. The average molecular weight is 440 g/mol. The Morgan fingerprint density at radius 2 is 1.94 bits per heavy atom. The number of aliphatic hydroxyl groups is 1. The van der Waals surface area contributed by atoms with Gasteiger partial charge in [-0.05, 0) is 85.4 Å². The van der Waals surface area contributed by atoms with Gasteiger partial charge in [0.2, 0.25) is 5.91 Å². The first-order valence-corrected chi connectivity index (χ1v) is 10.9. The van der Waals surface area contributed by atoms with E-state index < -0.39 is 5.60 Å². The molecule has 160 valence electrons. The summed E-state index contributed by atoms with van der Waals surface area (Å²) in [5.41, 5.74) is 0.942. The topological polar surface area (TPSA) is 75.1 Å². The van der Waals surface area contributed by atoms with Crippen LogP contribution in [-0.4, -0.2) is 26.6 Å². The lowest BCUT2D eigenvalue weighted by Crippen LogP contribution is -2.32. The zero-order chi connectivity index (χ0) is 21.6. The van der Waals surface area contributed by atoms with Crippen molar-refractivity contribution in [2.24, 2.45) is 11.8 Å². The smallest absolute Gasteiger partial charge is 0.228 e. The molecule has 1 aromatic carbocycles. The summed E-state index contributed by atoms with van der Waals surface area (Å²) >= 11 is 5.82. The average Bonchev–Trinajstić information content (AvgIpc) is 3.23. The second-order valence-corrected chi connectivity index (χ2v) is 9.41. The number of nitrogens with zero attached hydrogens (tertiary/aromatic N) is 2. The fraction of sp³-hybridized carbons (Fsp3) is 0.375. The molecule has 4 atom stereocenters. The van der Waals surface area contributed by atoms with Crippen molar-refractivity contribution in [3.05, 3.63) is 65.2 Å². The third kappa shape index (κ3) is 4.14. The molecule has 0 bridgehead atoms. The highest BCUT2D eigenvalue weighted by Crippen LogP contribution is 2.55. The van der Waals surface area contributed by atoms with E-state index in [9.17, 15) is 14.3 Å². The minimum atomic E-state index is -0.997. The molecule has 2 aliphatic carbocycles. The van der Waals surface area contributed by atoms with E-state index in [4.69, 9.17) is 11.6 Å². The van der Waals surface area contributed by atoms with Crippen LogP contribution in [0.1, 0.15) is 43.6 Å². The van der Waals surface area contributed by atoms with Gasteiger partial charge in [0.25, 0.3) is 0 Å². The van der Waals surface area contributed by atoms with Gasteiger partial charge in [0, 0.05) is 17.8 Å². The van der Waals surface area contributed by atoms with Crippen LogP contribution in [0.15, 0.2) is 48.8 Å². The highest BCUT2D eigenvalue weighted by Gasteiger charge is 2.49. The summed E-state index contributed by atoms with van der Waals surface area (Å²) in [6.45, 7) is 0. The molecule has 0 aliphatic heterocycles. The third-order valence-electron chi connectivity index (χ3n) is 6.79. The van der Waals surface area contributed by atoms with Crippen LogP contribution in [-0.2, 0) is 4.79 Å². The summed E-state index contributed by atoms with van der Waals surface area (Å²) in [6, 6.07) is 10.0. The molecule has 1 amide bonds. The molecule has 0 radical (unpaired) electrons. The van der Waals surface area contributed by atoms with Crippen LogP contribution in [0.5, 0.6) is 0 Å². The van der Waals surface area contributed by atoms with Gasteiger partial charge >= 0.3 is 0 Å². The second-order valence-electron chi connectivity index (χ2n) is 8.97. The molecule has 3 aromatic rings. The van der Waals surface area contributed by atoms with Gasteiger partial charge in [0.1, 0.15) is 11.6 Å². The molecule has 2 aliphatic rings. The molecule has 2 N–H and O–H groups in total. The normalized spacial score (nSPS) is 27.4. The standard InChI is InChI=1S/C24H23ClFN3O2/c25-17-1-4-22(28-13-17)29-23(30)12-24(31)10-15-7-14(8-16(15)11-24)19-5-6-27-21-3-2-18(26)9-20(19)21/h1-6,9,13-16,31H,7-8,10-12H2,(H,28,29,30)/t14?,15-,16+,24?. The molecule has 2 unspecified atom stereocenters. The molecule has 2 heterocycles. The van der Waals surface area contributed by atoms with Gasteiger partial charge in [-0.1, -0.05) is 11.6 Å². The lowest BCUT2D eigenvalue weighted by Gasteiger charge is -2.24. The number of amides is 1. The minimum absolute atomic E-state index is 0.0539. The Bertz CT molecular complexity index is 1120. The van der Waals surface area contributed by atoms with E-state index in [1.165, 1.54) is 12.3 Å². The number of benzene rings is 1. The number of carbonyl (C=O) groups is 1. The highest BCUT2D eigenvalue weighted by atomic mass is 35.5. The van der Waals surface area contributed by atoms with E-state index in [-0.39, 0.29) is 18.1 Å². The molecule has 2 saturated carbocycles. The molecule has 7 heteroatoms. The van der Waals surface area contributed by atoms with Gasteiger partial charge in [-0.25, -0.2) is 9.37 Å². The first kappa shape index (κ1) is 20.3. The minimum Gasteiger partial charge on any atom is -0.389 e. The number of nitrogens with one attached hydrogen (secondary N) is 1. The number of aromatic nitrogens is 2. The second kappa shape index (κ2) is 7.84.